The van der Waals surface area contributed by atoms with E-state index in [4.69, 9.17) is 11.6 Å². The second-order valence-electron chi connectivity index (χ2n) is 7.88. The Hall–Kier alpha value is -2.16. The Bertz CT molecular complexity index is 1080. The molecule has 1 aromatic carbocycles. The van der Waals surface area contributed by atoms with Gasteiger partial charge >= 0.3 is 0 Å². The zero-order chi connectivity index (χ0) is 21.0. The molecule has 2 aliphatic rings. The van der Waals surface area contributed by atoms with Gasteiger partial charge in [0.1, 0.15) is 0 Å². The molecule has 1 saturated heterocycles. The first-order valence-electron chi connectivity index (χ1n) is 9.47. The minimum atomic E-state index is -3.15. The van der Waals surface area contributed by atoms with E-state index in [1.54, 1.807) is 36.4 Å². The van der Waals surface area contributed by atoms with E-state index in [9.17, 15) is 13.2 Å². The van der Waals surface area contributed by atoms with Gasteiger partial charge in [-0.25, -0.2) is 8.42 Å². The van der Waals surface area contributed by atoms with E-state index < -0.39 is 15.6 Å². The third kappa shape index (κ3) is 3.39. The Labute approximate surface area is 175 Å². The first kappa shape index (κ1) is 20.1. The number of rotatable bonds is 5. The molecule has 9 heteroatoms. The molecule has 2 aromatic rings. The first-order chi connectivity index (χ1) is 13.6. The van der Waals surface area contributed by atoms with Crippen molar-refractivity contribution in [3.8, 4) is 0 Å². The van der Waals surface area contributed by atoms with Crippen LogP contribution in [0.25, 0.3) is 0 Å². The number of benzene rings is 1. The predicted octanol–water partition coefficient (Wildman–Crippen LogP) is 3.08. The molecule has 3 heterocycles. The van der Waals surface area contributed by atoms with Crippen molar-refractivity contribution in [3.63, 3.8) is 0 Å². The van der Waals surface area contributed by atoms with Crippen LogP contribution in [0.15, 0.2) is 36.7 Å². The predicted molar refractivity (Wildman–Crippen MR) is 114 cm³/mol. The summed E-state index contributed by atoms with van der Waals surface area (Å²) in [6.07, 6.45) is 3.34. The number of carbonyl (C=O) groups excluding carboxylic acids is 1. The average Bonchev–Trinajstić information content (AvgIpc) is 2.83. The van der Waals surface area contributed by atoms with E-state index in [0.29, 0.717) is 29.4 Å². The Balaban J connectivity index is 1.55. The maximum Gasteiger partial charge on any atom is 0.259 e. The highest BCUT2D eigenvalue weighted by Crippen LogP contribution is 2.43. The summed E-state index contributed by atoms with van der Waals surface area (Å²) in [5.41, 5.74) is 2.37. The van der Waals surface area contributed by atoms with Crippen LogP contribution in [0.2, 0.25) is 5.02 Å². The Morgan fingerprint density at radius 2 is 1.97 bits per heavy atom. The van der Waals surface area contributed by atoms with Crippen LogP contribution in [-0.2, 0) is 15.6 Å². The molecule has 1 fully saturated rings. The van der Waals surface area contributed by atoms with Crippen LogP contribution in [0, 0.1) is 0 Å². The first-order valence-corrected chi connectivity index (χ1v) is 11.5. The number of fused-ring (bicyclic) bond motifs is 1. The summed E-state index contributed by atoms with van der Waals surface area (Å²) in [5, 5.41) is 3.91. The van der Waals surface area contributed by atoms with Gasteiger partial charge < -0.3 is 5.32 Å². The van der Waals surface area contributed by atoms with Crippen molar-refractivity contribution in [1.29, 1.82) is 0 Å². The highest BCUT2D eigenvalue weighted by molar-refractivity contribution is 7.89. The molecule has 0 atom stereocenters. The normalized spacial score (nSPS) is 19.2. The lowest BCUT2D eigenvalue weighted by Crippen LogP contribution is -2.57. The van der Waals surface area contributed by atoms with Crippen LogP contribution >= 0.6 is 11.6 Å². The van der Waals surface area contributed by atoms with Crippen molar-refractivity contribution in [1.82, 2.24) is 9.29 Å². The molecule has 1 N–H and O–H groups in total. The smallest absolute Gasteiger partial charge is 0.259 e. The molecule has 0 aliphatic carbocycles. The summed E-state index contributed by atoms with van der Waals surface area (Å²) in [4.78, 5) is 19.1. The fourth-order valence-electron chi connectivity index (χ4n) is 3.95. The number of nitrogens with one attached hydrogen (secondary N) is 1. The second-order valence-corrected chi connectivity index (χ2v) is 10.6. The molecule has 0 unspecified atom stereocenters. The molecule has 1 amide bonds. The molecule has 0 spiro atoms. The van der Waals surface area contributed by atoms with Crippen LogP contribution in [0.4, 0.5) is 11.4 Å². The summed E-state index contributed by atoms with van der Waals surface area (Å²) < 4.78 is 25.2. The van der Waals surface area contributed by atoms with Crippen molar-refractivity contribution in [2.75, 3.05) is 29.1 Å². The molecule has 7 nitrogen and oxygen atoms in total. The van der Waals surface area contributed by atoms with E-state index in [1.807, 2.05) is 26.0 Å². The molecule has 2 aliphatic heterocycles. The van der Waals surface area contributed by atoms with Gasteiger partial charge in [-0.1, -0.05) is 11.6 Å². The van der Waals surface area contributed by atoms with Crippen LogP contribution in [0.3, 0.4) is 0 Å². The van der Waals surface area contributed by atoms with Crippen molar-refractivity contribution in [2.45, 2.75) is 32.4 Å². The van der Waals surface area contributed by atoms with E-state index in [0.717, 1.165) is 11.3 Å². The summed E-state index contributed by atoms with van der Waals surface area (Å²) >= 11 is 6.15. The van der Waals surface area contributed by atoms with Gasteiger partial charge in [0, 0.05) is 23.7 Å². The van der Waals surface area contributed by atoms with Crippen LogP contribution < -0.4 is 10.2 Å². The molecule has 154 valence electrons. The lowest BCUT2D eigenvalue weighted by atomic mass is 9.93. The highest BCUT2D eigenvalue weighted by Gasteiger charge is 2.44. The summed E-state index contributed by atoms with van der Waals surface area (Å²) in [7, 11) is -3.15. The van der Waals surface area contributed by atoms with Gasteiger partial charge in [-0.15, -0.1) is 0 Å². The SMILES string of the molecule is CCS(=O)(=O)N1CC(Nc2cncc(N3C(=O)c4ccc(Cl)cc4C3(C)C)c2)C1. The number of aromatic nitrogens is 1. The molecule has 4 rings (SSSR count). The number of carbonyl (C=O) groups is 1. The molecule has 1 aromatic heterocycles. The average molecular weight is 435 g/mol. The lowest BCUT2D eigenvalue weighted by Gasteiger charge is -2.39. The van der Waals surface area contributed by atoms with Gasteiger partial charge in [-0.05, 0) is 50.6 Å². The third-order valence-electron chi connectivity index (χ3n) is 5.59. The molecule has 0 saturated carbocycles. The zero-order valence-electron chi connectivity index (χ0n) is 16.5. The number of hydrogen-bond donors (Lipinski definition) is 1. The fraction of sp³-hybridized carbons (Fsp3) is 0.400. The number of amides is 1. The largest absolute Gasteiger partial charge is 0.378 e. The summed E-state index contributed by atoms with van der Waals surface area (Å²) in [5.74, 6) is 0.0116. The van der Waals surface area contributed by atoms with Crippen molar-refractivity contribution in [3.05, 3.63) is 52.8 Å². The molecular weight excluding hydrogens is 412 g/mol. The number of hydrogen-bond acceptors (Lipinski definition) is 5. The van der Waals surface area contributed by atoms with Gasteiger partial charge in [-0.3, -0.25) is 14.7 Å². The van der Waals surface area contributed by atoms with E-state index >= 15 is 0 Å². The number of nitrogens with zero attached hydrogens (tertiary/aromatic N) is 3. The quantitative estimate of drug-likeness (QED) is 0.781. The number of pyridine rings is 1. The van der Waals surface area contributed by atoms with Gasteiger partial charge in [-0.2, -0.15) is 4.31 Å². The standard InChI is InChI=1S/C20H23ClN4O3S/c1-4-29(27,28)24-11-15(12-24)23-14-8-16(10-22-9-14)25-19(26)17-6-5-13(21)7-18(17)20(25,2)3/h5-10,15,23H,4,11-12H2,1-3H3. The lowest BCUT2D eigenvalue weighted by molar-refractivity contribution is 0.0982. The van der Waals surface area contributed by atoms with Gasteiger partial charge in [0.05, 0.1) is 41.1 Å². The third-order valence-corrected chi connectivity index (χ3v) is 7.64. The number of halogens is 1. The minimum Gasteiger partial charge on any atom is -0.378 e. The number of sulfonamides is 1. The topological polar surface area (TPSA) is 82.6 Å². The molecule has 29 heavy (non-hydrogen) atoms. The molecule has 0 bridgehead atoms. The Morgan fingerprint density at radius 1 is 1.24 bits per heavy atom. The van der Waals surface area contributed by atoms with Gasteiger partial charge in [0.2, 0.25) is 10.0 Å². The van der Waals surface area contributed by atoms with Crippen LogP contribution in [-0.4, -0.2) is 48.5 Å². The Morgan fingerprint density at radius 3 is 2.66 bits per heavy atom. The second kappa shape index (κ2) is 6.97. The van der Waals surface area contributed by atoms with Gasteiger partial charge in [0.25, 0.3) is 5.91 Å². The highest BCUT2D eigenvalue weighted by atomic mass is 35.5. The maximum atomic E-state index is 13.1. The summed E-state index contributed by atoms with van der Waals surface area (Å²) in [6, 6.07) is 7.21. The molecular formula is C20H23ClN4O3S. The van der Waals surface area contributed by atoms with Crippen molar-refractivity contribution < 1.29 is 13.2 Å². The summed E-state index contributed by atoms with van der Waals surface area (Å²) in [6.45, 7) is 6.46. The fourth-order valence-corrected chi connectivity index (χ4v) is 5.30. The monoisotopic (exact) mass is 434 g/mol. The van der Waals surface area contributed by atoms with Crippen molar-refractivity contribution in [2.24, 2.45) is 0 Å². The number of anilines is 2. The molecule has 0 radical (unpaired) electrons. The van der Waals surface area contributed by atoms with E-state index in [-0.39, 0.29) is 17.7 Å². The van der Waals surface area contributed by atoms with Gasteiger partial charge in [0.15, 0.2) is 0 Å². The minimum absolute atomic E-state index is 0.0201. The van der Waals surface area contributed by atoms with Crippen molar-refractivity contribution >= 4 is 38.9 Å². The van der Waals surface area contributed by atoms with Crippen LogP contribution in [0.1, 0.15) is 36.7 Å². The Kier molecular flexibility index (Phi) is 4.83. The maximum absolute atomic E-state index is 13.1. The van der Waals surface area contributed by atoms with E-state index in [1.165, 1.54) is 4.31 Å². The zero-order valence-corrected chi connectivity index (χ0v) is 18.1. The van der Waals surface area contributed by atoms with Crippen LogP contribution in [0.5, 0.6) is 0 Å². The van der Waals surface area contributed by atoms with E-state index in [2.05, 4.69) is 10.3 Å².